The average Bonchev–Trinajstić information content (AvgIpc) is 2.37. The van der Waals surface area contributed by atoms with Crippen LogP contribution in [0.25, 0.3) is 0 Å². The Balaban J connectivity index is 1.87. The Morgan fingerprint density at radius 2 is 2.35 bits per heavy atom. The zero-order chi connectivity index (χ0) is 12.1. The van der Waals surface area contributed by atoms with Gasteiger partial charge in [-0.15, -0.1) is 0 Å². The highest BCUT2D eigenvalue weighted by molar-refractivity contribution is 9.10. The van der Waals surface area contributed by atoms with Gasteiger partial charge in [-0.05, 0) is 53.2 Å². The normalized spacial score (nSPS) is 19.0. The minimum absolute atomic E-state index is 0.0964. The van der Waals surface area contributed by atoms with Crippen molar-refractivity contribution in [3.8, 4) is 0 Å². The van der Waals surface area contributed by atoms with Crippen molar-refractivity contribution < 1.29 is 4.79 Å². The van der Waals surface area contributed by atoms with Crippen LogP contribution >= 0.6 is 15.9 Å². The fraction of sp³-hybridized carbons (Fsp3) is 0.385. The Labute approximate surface area is 109 Å². The minimum Gasteiger partial charge on any atom is -0.350 e. The largest absolute Gasteiger partial charge is 0.350 e. The van der Waals surface area contributed by atoms with Crippen LogP contribution in [0.2, 0.25) is 0 Å². The number of pyridine rings is 1. The minimum atomic E-state index is -0.0964. The number of allylic oxidation sites excluding steroid dienone is 2. The van der Waals surface area contributed by atoms with E-state index in [2.05, 4.69) is 38.4 Å². The molecule has 1 atom stereocenters. The van der Waals surface area contributed by atoms with Gasteiger partial charge in [-0.2, -0.15) is 0 Å². The molecule has 1 N–H and O–H groups in total. The standard InChI is InChI=1S/C13H15BrN2O/c14-12-8-4-7-11(16-12)13(17)15-9-10-5-2-1-3-6-10/h1-2,4,7-8,10H,3,5-6,9H2,(H,15,17). The molecule has 1 amide bonds. The summed E-state index contributed by atoms with van der Waals surface area (Å²) in [7, 11) is 0. The van der Waals surface area contributed by atoms with Gasteiger partial charge in [0.2, 0.25) is 0 Å². The first kappa shape index (κ1) is 12.3. The molecule has 1 aliphatic carbocycles. The summed E-state index contributed by atoms with van der Waals surface area (Å²) in [4.78, 5) is 16.0. The molecule has 0 radical (unpaired) electrons. The number of hydrogen-bond donors (Lipinski definition) is 1. The Bertz CT molecular complexity index is 431. The highest BCUT2D eigenvalue weighted by atomic mass is 79.9. The average molecular weight is 295 g/mol. The zero-order valence-electron chi connectivity index (χ0n) is 9.53. The monoisotopic (exact) mass is 294 g/mol. The summed E-state index contributed by atoms with van der Waals surface area (Å²) in [5.41, 5.74) is 0.464. The molecule has 1 heterocycles. The van der Waals surface area contributed by atoms with Gasteiger partial charge in [0.25, 0.3) is 5.91 Å². The van der Waals surface area contributed by atoms with Crippen molar-refractivity contribution in [2.45, 2.75) is 19.3 Å². The molecule has 0 saturated heterocycles. The number of halogens is 1. The second kappa shape index (κ2) is 5.96. The third-order valence-electron chi connectivity index (χ3n) is 2.88. The quantitative estimate of drug-likeness (QED) is 0.688. The lowest BCUT2D eigenvalue weighted by molar-refractivity contribution is 0.0941. The lowest BCUT2D eigenvalue weighted by Gasteiger charge is -2.17. The Morgan fingerprint density at radius 3 is 3.06 bits per heavy atom. The molecule has 1 unspecified atom stereocenters. The van der Waals surface area contributed by atoms with Crippen LogP contribution in [0, 0.1) is 5.92 Å². The lowest BCUT2D eigenvalue weighted by atomic mass is 9.94. The molecular formula is C13H15BrN2O. The van der Waals surface area contributed by atoms with Crippen molar-refractivity contribution in [2.75, 3.05) is 6.54 Å². The van der Waals surface area contributed by atoms with E-state index in [4.69, 9.17) is 0 Å². The van der Waals surface area contributed by atoms with Gasteiger partial charge in [0, 0.05) is 6.54 Å². The molecule has 1 aromatic rings. The maximum atomic E-state index is 11.8. The summed E-state index contributed by atoms with van der Waals surface area (Å²) in [6, 6.07) is 5.35. The van der Waals surface area contributed by atoms with E-state index >= 15 is 0 Å². The number of carbonyl (C=O) groups excluding carboxylic acids is 1. The third kappa shape index (κ3) is 3.66. The van der Waals surface area contributed by atoms with E-state index in [1.165, 1.54) is 0 Å². The topological polar surface area (TPSA) is 42.0 Å². The van der Waals surface area contributed by atoms with Gasteiger partial charge in [0.15, 0.2) is 0 Å². The molecule has 0 spiro atoms. The van der Waals surface area contributed by atoms with Crippen LogP contribution in [-0.4, -0.2) is 17.4 Å². The molecule has 3 nitrogen and oxygen atoms in total. The summed E-state index contributed by atoms with van der Waals surface area (Å²) in [5.74, 6) is 0.469. The second-order valence-corrected chi connectivity index (χ2v) is 5.02. The van der Waals surface area contributed by atoms with Crippen LogP contribution < -0.4 is 5.32 Å². The first-order chi connectivity index (χ1) is 8.25. The fourth-order valence-corrected chi connectivity index (χ4v) is 2.25. The molecule has 0 bridgehead atoms. The SMILES string of the molecule is O=C(NCC1CC=CCC1)c1cccc(Br)n1. The van der Waals surface area contributed by atoms with Crippen molar-refractivity contribution in [2.24, 2.45) is 5.92 Å². The van der Waals surface area contributed by atoms with E-state index < -0.39 is 0 Å². The fourth-order valence-electron chi connectivity index (χ4n) is 1.90. The molecule has 1 aromatic heterocycles. The van der Waals surface area contributed by atoms with Gasteiger partial charge in [-0.1, -0.05) is 18.2 Å². The van der Waals surface area contributed by atoms with Crippen molar-refractivity contribution in [1.82, 2.24) is 10.3 Å². The molecule has 0 fully saturated rings. The number of aromatic nitrogens is 1. The van der Waals surface area contributed by atoms with Crippen LogP contribution in [0.4, 0.5) is 0 Å². The zero-order valence-corrected chi connectivity index (χ0v) is 11.1. The van der Waals surface area contributed by atoms with Crippen LogP contribution in [0.5, 0.6) is 0 Å². The molecular weight excluding hydrogens is 280 g/mol. The van der Waals surface area contributed by atoms with Crippen molar-refractivity contribution in [3.63, 3.8) is 0 Å². The summed E-state index contributed by atoms with van der Waals surface area (Å²) in [6.07, 6.45) is 7.73. The van der Waals surface area contributed by atoms with Gasteiger partial charge in [-0.25, -0.2) is 4.98 Å². The predicted octanol–water partition coefficient (Wildman–Crippen LogP) is 2.93. The number of nitrogens with zero attached hydrogens (tertiary/aromatic N) is 1. The van der Waals surface area contributed by atoms with Gasteiger partial charge in [0.1, 0.15) is 10.3 Å². The summed E-state index contributed by atoms with van der Waals surface area (Å²) in [6.45, 7) is 0.733. The molecule has 90 valence electrons. The number of nitrogens with one attached hydrogen (secondary N) is 1. The van der Waals surface area contributed by atoms with Gasteiger partial charge in [0.05, 0.1) is 0 Å². The number of amides is 1. The third-order valence-corrected chi connectivity index (χ3v) is 3.32. The molecule has 0 aliphatic heterocycles. The maximum absolute atomic E-state index is 11.8. The molecule has 0 saturated carbocycles. The summed E-state index contributed by atoms with van der Waals surface area (Å²) < 4.78 is 0.686. The highest BCUT2D eigenvalue weighted by Crippen LogP contribution is 2.17. The Hall–Kier alpha value is -1.16. The van der Waals surface area contributed by atoms with Crippen LogP contribution in [0.1, 0.15) is 29.8 Å². The van der Waals surface area contributed by atoms with Crippen molar-refractivity contribution in [1.29, 1.82) is 0 Å². The highest BCUT2D eigenvalue weighted by Gasteiger charge is 2.12. The first-order valence-electron chi connectivity index (χ1n) is 5.81. The molecule has 2 rings (SSSR count). The molecule has 1 aliphatic rings. The first-order valence-corrected chi connectivity index (χ1v) is 6.61. The van der Waals surface area contributed by atoms with Crippen LogP contribution in [-0.2, 0) is 0 Å². The van der Waals surface area contributed by atoms with Crippen molar-refractivity contribution in [3.05, 3.63) is 40.6 Å². The Morgan fingerprint density at radius 1 is 1.47 bits per heavy atom. The predicted molar refractivity (Wildman–Crippen MR) is 70.8 cm³/mol. The van der Waals surface area contributed by atoms with Gasteiger partial charge >= 0.3 is 0 Å². The molecule has 17 heavy (non-hydrogen) atoms. The van der Waals surface area contributed by atoms with E-state index in [-0.39, 0.29) is 5.91 Å². The summed E-state index contributed by atoms with van der Waals surface area (Å²) >= 11 is 3.26. The van der Waals surface area contributed by atoms with E-state index in [9.17, 15) is 4.79 Å². The van der Waals surface area contributed by atoms with Crippen molar-refractivity contribution >= 4 is 21.8 Å². The maximum Gasteiger partial charge on any atom is 0.269 e. The molecule has 0 aromatic carbocycles. The van der Waals surface area contributed by atoms with Crippen LogP contribution in [0.15, 0.2) is 35.0 Å². The van der Waals surface area contributed by atoms with Crippen LogP contribution in [0.3, 0.4) is 0 Å². The van der Waals surface area contributed by atoms with Gasteiger partial charge < -0.3 is 5.32 Å². The number of rotatable bonds is 3. The number of carbonyl (C=O) groups is 1. The molecule has 4 heteroatoms. The second-order valence-electron chi connectivity index (χ2n) is 4.21. The van der Waals surface area contributed by atoms with Gasteiger partial charge in [-0.3, -0.25) is 4.79 Å². The van der Waals surface area contributed by atoms with E-state index in [0.29, 0.717) is 16.2 Å². The number of hydrogen-bond acceptors (Lipinski definition) is 2. The van der Waals surface area contributed by atoms with E-state index in [1.54, 1.807) is 6.07 Å². The van der Waals surface area contributed by atoms with E-state index in [0.717, 1.165) is 25.8 Å². The Kier molecular flexibility index (Phi) is 4.31. The van der Waals surface area contributed by atoms with E-state index in [1.807, 2.05) is 12.1 Å². The lowest BCUT2D eigenvalue weighted by Crippen LogP contribution is -2.30. The smallest absolute Gasteiger partial charge is 0.269 e. The summed E-state index contributed by atoms with van der Waals surface area (Å²) in [5, 5.41) is 2.94.